The number of guanidine groups is 4. The molecule has 7 aromatic heterocycles. The molecule has 0 radical (unpaired) electrons. The normalized spacial score (nSPS) is 20.0. The van der Waals surface area contributed by atoms with Crippen molar-refractivity contribution in [3.05, 3.63) is 340 Å². The summed E-state index contributed by atoms with van der Waals surface area (Å²) >= 11 is 0. The number of benzene rings is 8. The van der Waals surface area contributed by atoms with Crippen LogP contribution in [0.1, 0.15) is 164 Å². The van der Waals surface area contributed by atoms with E-state index in [1.165, 1.54) is 18.2 Å². The van der Waals surface area contributed by atoms with Gasteiger partial charge in [0.15, 0.2) is 23.3 Å². The number of anilines is 12. The van der Waals surface area contributed by atoms with Crippen LogP contribution in [-0.2, 0) is 38.5 Å². The first-order valence-corrected chi connectivity index (χ1v) is 51.6. The number of alkyl halides is 2. The maximum atomic E-state index is 13.7. The molecule has 8 atom stereocenters. The molecule has 0 unspecified atom stereocenters. The van der Waals surface area contributed by atoms with Crippen LogP contribution in [0.25, 0.3) is 33.8 Å². The molecule has 34 heteroatoms. The molecule has 4 amide bonds. The van der Waals surface area contributed by atoms with E-state index in [2.05, 4.69) is 116 Å². The maximum Gasteiger partial charge on any atom is 0.270 e. The predicted molar refractivity (Wildman–Crippen MR) is 577 cm³/mol. The molecule has 4 N–H and O–H groups in total. The van der Waals surface area contributed by atoms with Crippen LogP contribution in [0.15, 0.2) is 293 Å². The van der Waals surface area contributed by atoms with E-state index in [-0.39, 0.29) is 77.5 Å². The van der Waals surface area contributed by atoms with Crippen molar-refractivity contribution in [2.24, 2.45) is 20.0 Å². The molecule has 150 heavy (non-hydrogen) atoms. The number of nitrogens with zero attached hydrogens (tertiary/aromatic N) is 23. The lowest BCUT2D eigenvalue weighted by atomic mass is 10.1. The zero-order valence-corrected chi connectivity index (χ0v) is 84.2. The zero-order valence-electron chi connectivity index (χ0n) is 84.2. The number of carbonyl (C=O) groups excluding carboxylic acids is 4. The van der Waals surface area contributed by atoms with E-state index in [1.807, 2.05) is 217 Å². The van der Waals surface area contributed by atoms with Crippen molar-refractivity contribution >= 4 is 117 Å². The highest BCUT2D eigenvalue weighted by molar-refractivity contribution is 6.24. The number of aliphatic imine (C=N–C) groups is 4. The average molecular weight is 2010 g/mol. The number of carbonyl (C=O) groups is 4. The summed E-state index contributed by atoms with van der Waals surface area (Å²) in [6, 6.07) is 85.1. The van der Waals surface area contributed by atoms with Crippen molar-refractivity contribution in [1.29, 1.82) is 0 Å². The minimum atomic E-state index is -2.87. The van der Waals surface area contributed by atoms with Gasteiger partial charge >= 0.3 is 0 Å². The summed E-state index contributed by atoms with van der Waals surface area (Å²) in [6.45, 7) is 7.01. The van der Waals surface area contributed by atoms with Gasteiger partial charge in [0.05, 0.1) is 85.1 Å². The van der Waals surface area contributed by atoms with Gasteiger partial charge < -0.3 is 21.3 Å². The van der Waals surface area contributed by atoms with Gasteiger partial charge in [-0.15, -0.1) is 0 Å². The number of hydrogen-bond acceptors (Lipinski definition) is 23. The molecule has 8 aliphatic heterocycles. The molecule has 27 rings (SSSR count). The number of aryl methyl sites for hydroxylation is 4. The summed E-state index contributed by atoms with van der Waals surface area (Å²) in [7, 11) is 7.20. The molecule has 0 saturated heterocycles. The van der Waals surface area contributed by atoms with Gasteiger partial charge in [-0.2, -0.15) is 24.8 Å². The van der Waals surface area contributed by atoms with Crippen molar-refractivity contribution in [3.8, 4) is 33.8 Å². The first-order valence-electron chi connectivity index (χ1n) is 51.6. The van der Waals surface area contributed by atoms with Gasteiger partial charge in [0.25, 0.3) is 29.6 Å². The molecular formula is C116H112F3N27O4. The molecule has 8 aromatic carbocycles. The fraction of sp³-hybridized carbons (Fsp3) is 0.284. The lowest BCUT2D eigenvalue weighted by molar-refractivity contribution is 0.0174. The predicted octanol–water partition coefficient (Wildman–Crippen LogP) is 20.7. The molecule has 4 saturated carbocycles. The monoisotopic (exact) mass is 2000 g/mol. The molecule has 4 aliphatic carbocycles. The fourth-order valence-corrected chi connectivity index (χ4v) is 22.9. The lowest BCUT2D eigenvalue weighted by Gasteiger charge is -2.35. The van der Waals surface area contributed by atoms with E-state index in [0.717, 1.165) is 198 Å². The highest BCUT2D eigenvalue weighted by Crippen LogP contribution is 2.50. The van der Waals surface area contributed by atoms with E-state index < -0.39 is 11.9 Å². The van der Waals surface area contributed by atoms with Crippen molar-refractivity contribution < 1.29 is 32.3 Å². The number of fused-ring (bicyclic) bond motifs is 20. The second-order valence-corrected chi connectivity index (χ2v) is 40.5. The molecule has 4 fully saturated rings. The molecule has 15 heterocycles. The van der Waals surface area contributed by atoms with E-state index >= 15 is 0 Å². The minimum absolute atomic E-state index is 0.00380. The third-order valence-electron chi connectivity index (χ3n) is 30.5. The van der Waals surface area contributed by atoms with Gasteiger partial charge in [-0.05, 0) is 203 Å². The van der Waals surface area contributed by atoms with Crippen LogP contribution in [0.4, 0.5) is 82.5 Å². The van der Waals surface area contributed by atoms with Gasteiger partial charge in [-0.3, -0.25) is 68.3 Å². The summed E-state index contributed by atoms with van der Waals surface area (Å²) in [5.41, 5.74) is 17.7. The Morgan fingerprint density at radius 3 is 1.05 bits per heavy atom. The first-order chi connectivity index (χ1) is 73.0. The molecule has 12 aliphatic rings. The Hall–Kier alpha value is -17.2. The number of halogens is 3. The van der Waals surface area contributed by atoms with Gasteiger partial charge in [-0.1, -0.05) is 188 Å². The Morgan fingerprint density at radius 1 is 0.340 bits per heavy atom. The van der Waals surface area contributed by atoms with Crippen LogP contribution in [0.3, 0.4) is 0 Å². The number of aromatic nitrogens is 11. The number of para-hydroxylation sites is 4. The lowest BCUT2D eigenvalue weighted by Crippen LogP contribution is -2.52. The van der Waals surface area contributed by atoms with Crippen LogP contribution >= 0.6 is 0 Å². The molecule has 0 spiro atoms. The minimum Gasteiger partial charge on any atom is -0.340 e. The Balaban J connectivity index is 0.000000106. The van der Waals surface area contributed by atoms with Gasteiger partial charge in [0.2, 0.25) is 29.8 Å². The molecule has 0 bridgehead atoms. The summed E-state index contributed by atoms with van der Waals surface area (Å²) < 4.78 is 48.6. The van der Waals surface area contributed by atoms with Gasteiger partial charge in [-0.25, -0.2) is 52.5 Å². The van der Waals surface area contributed by atoms with Gasteiger partial charge in [0.1, 0.15) is 45.5 Å². The summed E-state index contributed by atoms with van der Waals surface area (Å²) in [5, 5.41) is 33.5. The smallest absolute Gasteiger partial charge is 0.270 e. The summed E-state index contributed by atoms with van der Waals surface area (Å²) in [5.74, 6) is 4.47. The average Bonchev–Trinajstić information content (AvgIpc) is 1.57. The van der Waals surface area contributed by atoms with Crippen LogP contribution in [0.5, 0.6) is 0 Å². The summed E-state index contributed by atoms with van der Waals surface area (Å²) in [6.07, 6.45) is 17.2. The Bertz CT molecular complexity index is 7800. The number of pyridine rings is 3. The van der Waals surface area contributed by atoms with Crippen molar-refractivity contribution in [2.75, 3.05) is 69.1 Å². The van der Waals surface area contributed by atoms with E-state index in [0.29, 0.717) is 102 Å². The molecular weight excluding hydrogens is 1890 g/mol. The SMILES string of the molecule is CN1C(=O)c2c(Nc3ccccc3)nn(CCc3ccc(C(C)(F)F)cc3)c2N2C1=N[C@@H]1CCC[C@@H]12.CN1C(=O)c2c(Nc3ccccc3)nn(Cc3ccc(-c4cccc(F)n4)cc3)c2N2C1=N[C@@H]1CCC[C@@H]12.Cc1ccc(-c2ccc(Cn3nc(Nc4ccccc4)c4c3N3C(=N[C@@H]5CCC[C@@H]53)N(C)C4=O)cc2)nc1.Cc1ccc(-c2ccc(Cn3nc4c(c3Nc3ccccc3)C(=O)N(C)C3=N[C@@H]5CCC[C@@H]5N34)cc2)nc1. The van der Waals surface area contributed by atoms with Crippen molar-refractivity contribution in [1.82, 2.24) is 73.7 Å². The first kappa shape index (κ1) is 95.0. The van der Waals surface area contributed by atoms with Crippen molar-refractivity contribution in [3.63, 3.8) is 0 Å². The quantitative estimate of drug-likeness (QED) is 0.0486. The molecule has 31 nitrogen and oxygen atoms in total. The standard InChI is InChI=1S/2C30H29N7O.C29H26FN7O.C27H28F2N6O/c1-19-11-16-23(31-17-19)21-14-12-20(13-15-21)18-36-27(32-22-7-4-3-5-8-22)26-28(34-36)37-25-10-6-9-24(25)33-30(37)35(2)29(26)38;1-19-11-16-23(31-17-19)21-14-12-20(13-15-21)18-36-28-26(27(34-36)32-22-7-4-3-5-8-22)29(38)35(2)30-33-24-9-6-10-25(24)37(28)30;1-35-28(38)25-26(31-20-7-3-2-4-8-20)34-36(27(25)37-23-11-5-10-22(23)33-29(35)37)17-18-13-15-19(16-14-18)21-9-6-12-24(30)32-21;1-27(28,29)18-13-11-17(12-14-18)15-16-34-24-22(23(32-34)30-19-7-4-3-5-8-19)25(36)33(2)26-31-20-9-6-10-21(20)35(24)26/h3-5,7-8,11-17,24-25,32H,6,9-10,18H2,1-2H3;3-5,7-8,11-17,24-25H,6,9-10,18H2,1-2H3,(H,32,34);2-4,6-9,12-16,22-23H,5,10-11,17H2,1H3,(H,31,34);3-5,7-8,11-14,20-21H,6,9-10,15-16H2,1-2H3,(H,30,32)/t2*24-,25+;22-,23+;20-,21+/m1111/s1. The third kappa shape index (κ3) is 17.8. The maximum absolute atomic E-state index is 13.7. The second-order valence-electron chi connectivity index (χ2n) is 40.5. The van der Waals surface area contributed by atoms with Crippen LogP contribution < -0.4 is 40.9 Å². The number of rotatable bonds is 21. The third-order valence-corrected chi connectivity index (χ3v) is 30.5. The summed E-state index contributed by atoms with van der Waals surface area (Å²) in [4.78, 5) is 103. The van der Waals surface area contributed by atoms with E-state index in [1.54, 1.807) is 58.0 Å². The zero-order chi connectivity index (χ0) is 102. The molecule has 15 aromatic rings. The van der Waals surface area contributed by atoms with Crippen LogP contribution in [0.2, 0.25) is 0 Å². The number of nitrogens with one attached hydrogen (secondary N) is 4. The molecule has 756 valence electrons. The largest absolute Gasteiger partial charge is 0.340 e. The number of amides is 4. The Morgan fingerprint density at radius 2 is 0.680 bits per heavy atom. The Kier molecular flexibility index (Phi) is 24.8. The van der Waals surface area contributed by atoms with Gasteiger partial charge in [0, 0.05) is 99.1 Å². The van der Waals surface area contributed by atoms with Crippen LogP contribution in [0, 0.1) is 19.8 Å². The Labute approximate surface area is 865 Å². The highest BCUT2D eigenvalue weighted by Gasteiger charge is 2.55. The second kappa shape index (κ2) is 39.2. The fourth-order valence-electron chi connectivity index (χ4n) is 22.9. The van der Waals surface area contributed by atoms with Crippen LogP contribution in [-0.4, -0.2) is 198 Å². The van der Waals surface area contributed by atoms with E-state index in [4.69, 9.17) is 40.4 Å². The topological polar surface area (TPSA) is 302 Å². The van der Waals surface area contributed by atoms with E-state index in [9.17, 15) is 32.3 Å². The number of hydrogen-bond donors (Lipinski definition) is 4. The highest BCUT2D eigenvalue weighted by atomic mass is 19.3. The van der Waals surface area contributed by atoms with Crippen molar-refractivity contribution in [2.45, 2.75) is 185 Å².